The molecule has 0 bridgehead atoms. The largest absolute Gasteiger partial charge is 0.345 e. The highest BCUT2D eigenvalue weighted by Crippen LogP contribution is 2.35. The molecule has 0 saturated carbocycles. The van der Waals surface area contributed by atoms with Gasteiger partial charge in [-0.25, -0.2) is 9.97 Å². The first-order valence-electron chi connectivity index (χ1n) is 9.25. The van der Waals surface area contributed by atoms with E-state index in [-0.39, 0.29) is 5.91 Å². The maximum atomic E-state index is 12.0. The monoisotopic (exact) mass is 383 g/mol. The summed E-state index contributed by atoms with van der Waals surface area (Å²) in [6.45, 7) is 5.86. The van der Waals surface area contributed by atoms with Crippen molar-refractivity contribution in [3.05, 3.63) is 78.8 Å². The third kappa shape index (κ3) is 3.66. The molecule has 0 fully saturated rings. The molecule has 1 amide bonds. The molecule has 6 heteroatoms. The topological polar surface area (TPSA) is 96.7 Å². The van der Waals surface area contributed by atoms with E-state index in [1.807, 2.05) is 54.7 Å². The van der Waals surface area contributed by atoms with E-state index in [0.717, 1.165) is 39.0 Å². The van der Waals surface area contributed by atoms with Gasteiger partial charge in [0.2, 0.25) is 0 Å². The van der Waals surface area contributed by atoms with E-state index in [9.17, 15) is 4.79 Å². The molecule has 0 spiro atoms. The van der Waals surface area contributed by atoms with Gasteiger partial charge in [-0.05, 0) is 30.2 Å². The van der Waals surface area contributed by atoms with E-state index in [2.05, 4.69) is 26.8 Å². The average Bonchev–Trinajstić information content (AvgIpc) is 3.18. The van der Waals surface area contributed by atoms with Gasteiger partial charge in [0.15, 0.2) is 0 Å². The van der Waals surface area contributed by atoms with Crippen molar-refractivity contribution in [2.45, 2.75) is 13.5 Å². The molecule has 0 radical (unpaired) electrons. The summed E-state index contributed by atoms with van der Waals surface area (Å²) in [7, 11) is 0. The lowest BCUT2D eigenvalue weighted by Gasteiger charge is -2.09. The number of aromatic nitrogens is 3. The summed E-state index contributed by atoms with van der Waals surface area (Å²) in [6, 6.07) is 15.7. The molecule has 144 valence electrons. The van der Waals surface area contributed by atoms with Gasteiger partial charge in [0, 0.05) is 35.1 Å². The molecule has 2 heterocycles. The fraction of sp³-hybridized carbons (Fsp3) is 0.0870. The Morgan fingerprint density at radius 2 is 1.93 bits per heavy atom. The predicted octanol–water partition coefficient (Wildman–Crippen LogP) is 4.27. The lowest BCUT2D eigenvalue weighted by atomic mass is 10.00. The summed E-state index contributed by atoms with van der Waals surface area (Å²) in [5.41, 5.74) is 12.4. The number of nitrogens with one attached hydrogen (secondary N) is 2. The molecule has 0 saturated heterocycles. The Bertz CT molecular complexity index is 1210. The number of amides is 1. The number of nitrogens with zero attached hydrogens (tertiary/aromatic N) is 2. The van der Waals surface area contributed by atoms with Crippen molar-refractivity contribution in [2.75, 3.05) is 5.32 Å². The van der Waals surface area contributed by atoms with Crippen LogP contribution in [-0.2, 0) is 11.3 Å². The Labute approximate surface area is 168 Å². The van der Waals surface area contributed by atoms with Gasteiger partial charge in [-0.2, -0.15) is 0 Å². The molecule has 0 unspecified atom stereocenters. The van der Waals surface area contributed by atoms with Gasteiger partial charge in [0.25, 0.3) is 5.91 Å². The highest BCUT2D eigenvalue weighted by atomic mass is 16.1. The van der Waals surface area contributed by atoms with Crippen LogP contribution in [0.2, 0.25) is 0 Å². The first kappa shape index (κ1) is 18.6. The summed E-state index contributed by atoms with van der Waals surface area (Å²) in [5.74, 6) is -0.211. The van der Waals surface area contributed by atoms with Gasteiger partial charge in [-0.15, -0.1) is 0 Å². The maximum Gasteiger partial charge on any atom is 0.250 e. The Kier molecular flexibility index (Phi) is 4.93. The molecule has 0 aliphatic carbocycles. The molecule has 0 aliphatic rings. The molecule has 4 aromatic rings. The molecule has 6 nitrogen and oxygen atoms in total. The Hall–Kier alpha value is -3.77. The molecule has 4 rings (SSSR count). The number of carbonyl (C=O) groups excluding carboxylic acids is 1. The van der Waals surface area contributed by atoms with Crippen LogP contribution in [0, 0.1) is 0 Å². The third-order valence-corrected chi connectivity index (χ3v) is 4.75. The number of H-pyrrole nitrogens is 1. The number of anilines is 1. The van der Waals surface area contributed by atoms with Crippen LogP contribution >= 0.6 is 0 Å². The van der Waals surface area contributed by atoms with E-state index in [0.29, 0.717) is 17.8 Å². The first-order valence-corrected chi connectivity index (χ1v) is 9.25. The summed E-state index contributed by atoms with van der Waals surface area (Å²) in [4.78, 5) is 24.1. The Balaban J connectivity index is 1.81. The average molecular weight is 383 g/mol. The summed E-state index contributed by atoms with van der Waals surface area (Å²) in [6.07, 6.45) is 3.47. The SMILES string of the molecule is C=C(C)C(=O)Nc1cccc(-c2ncnc3[nH]cc(-c4ccc(CN)cc4)c23)c1. The van der Waals surface area contributed by atoms with Crippen molar-refractivity contribution >= 4 is 22.6 Å². The first-order chi connectivity index (χ1) is 14.1. The van der Waals surface area contributed by atoms with Crippen LogP contribution in [0.25, 0.3) is 33.4 Å². The van der Waals surface area contributed by atoms with Gasteiger partial charge >= 0.3 is 0 Å². The minimum Gasteiger partial charge on any atom is -0.345 e. The van der Waals surface area contributed by atoms with Crippen molar-refractivity contribution in [1.29, 1.82) is 0 Å². The Morgan fingerprint density at radius 3 is 2.66 bits per heavy atom. The number of benzene rings is 2. The highest BCUT2D eigenvalue weighted by molar-refractivity contribution is 6.05. The summed E-state index contributed by atoms with van der Waals surface area (Å²) in [5, 5.41) is 3.78. The molecule has 4 N–H and O–H groups in total. The molecule has 0 atom stereocenters. The van der Waals surface area contributed by atoms with Gasteiger partial charge in [0.1, 0.15) is 12.0 Å². The second-order valence-corrected chi connectivity index (χ2v) is 6.86. The number of carbonyl (C=O) groups is 1. The van der Waals surface area contributed by atoms with Gasteiger partial charge < -0.3 is 16.0 Å². The zero-order valence-electron chi connectivity index (χ0n) is 16.1. The summed E-state index contributed by atoms with van der Waals surface area (Å²) < 4.78 is 0. The zero-order chi connectivity index (χ0) is 20.4. The van der Waals surface area contributed by atoms with Gasteiger partial charge in [-0.3, -0.25) is 4.79 Å². The smallest absolute Gasteiger partial charge is 0.250 e. The van der Waals surface area contributed by atoms with E-state index < -0.39 is 0 Å². The van der Waals surface area contributed by atoms with Crippen LogP contribution in [0.5, 0.6) is 0 Å². The van der Waals surface area contributed by atoms with Crippen molar-refractivity contribution in [2.24, 2.45) is 5.73 Å². The standard InChI is InChI=1S/C23H21N5O/c1-14(2)23(29)28-18-5-3-4-17(10-18)21-20-19(12-25-22(20)27-13-26-21)16-8-6-15(11-24)7-9-16/h3-10,12-13H,1,11,24H2,2H3,(H,28,29)(H,25,26,27). The second-order valence-electron chi connectivity index (χ2n) is 6.86. The van der Waals surface area contributed by atoms with Crippen molar-refractivity contribution < 1.29 is 4.79 Å². The van der Waals surface area contributed by atoms with Crippen molar-refractivity contribution in [1.82, 2.24) is 15.0 Å². The fourth-order valence-electron chi connectivity index (χ4n) is 3.21. The molecule has 2 aromatic carbocycles. The van der Waals surface area contributed by atoms with Crippen LogP contribution in [0.15, 0.2) is 73.2 Å². The fourth-order valence-corrected chi connectivity index (χ4v) is 3.21. The van der Waals surface area contributed by atoms with Crippen LogP contribution in [0.1, 0.15) is 12.5 Å². The molecular weight excluding hydrogens is 362 g/mol. The summed E-state index contributed by atoms with van der Waals surface area (Å²) >= 11 is 0. The van der Waals surface area contributed by atoms with E-state index in [1.165, 1.54) is 6.33 Å². The highest BCUT2D eigenvalue weighted by Gasteiger charge is 2.15. The van der Waals surface area contributed by atoms with Gasteiger partial charge in [-0.1, -0.05) is 43.0 Å². The van der Waals surface area contributed by atoms with E-state index >= 15 is 0 Å². The van der Waals surface area contributed by atoms with Crippen molar-refractivity contribution in [3.63, 3.8) is 0 Å². The number of rotatable bonds is 5. The third-order valence-electron chi connectivity index (χ3n) is 4.75. The lowest BCUT2D eigenvalue weighted by Crippen LogP contribution is -2.11. The normalized spacial score (nSPS) is 10.8. The predicted molar refractivity (Wildman–Crippen MR) is 116 cm³/mol. The molecule has 2 aromatic heterocycles. The lowest BCUT2D eigenvalue weighted by molar-refractivity contribution is -0.112. The van der Waals surface area contributed by atoms with Crippen molar-refractivity contribution in [3.8, 4) is 22.4 Å². The zero-order valence-corrected chi connectivity index (χ0v) is 16.1. The molecular formula is C23H21N5O. The van der Waals surface area contributed by atoms with Crippen LogP contribution in [0.3, 0.4) is 0 Å². The quantitative estimate of drug-likeness (QED) is 0.449. The van der Waals surface area contributed by atoms with Gasteiger partial charge in [0.05, 0.1) is 11.1 Å². The minimum atomic E-state index is -0.211. The number of fused-ring (bicyclic) bond motifs is 1. The van der Waals surface area contributed by atoms with Crippen LogP contribution < -0.4 is 11.1 Å². The molecule has 0 aliphatic heterocycles. The van der Waals surface area contributed by atoms with E-state index in [1.54, 1.807) is 6.92 Å². The number of hydrogen-bond acceptors (Lipinski definition) is 4. The number of hydrogen-bond donors (Lipinski definition) is 3. The maximum absolute atomic E-state index is 12.0. The molecule has 29 heavy (non-hydrogen) atoms. The second kappa shape index (κ2) is 7.69. The number of aromatic amines is 1. The number of nitrogens with two attached hydrogens (primary N) is 1. The minimum absolute atomic E-state index is 0.211. The Morgan fingerprint density at radius 1 is 1.14 bits per heavy atom. The van der Waals surface area contributed by atoms with Crippen LogP contribution in [-0.4, -0.2) is 20.9 Å². The van der Waals surface area contributed by atoms with Crippen LogP contribution in [0.4, 0.5) is 5.69 Å². The van der Waals surface area contributed by atoms with E-state index in [4.69, 9.17) is 5.73 Å².